The van der Waals surface area contributed by atoms with Gasteiger partial charge in [-0.3, -0.25) is 4.98 Å². The van der Waals surface area contributed by atoms with Gasteiger partial charge in [-0.2, -0.15) is 13.2 Å². The fourth-order valence-electron chi connectivity index (χ4n) is 1.29. The molecule has 1 rings (SSSR count). The smallest absolute Gasteiger partial charge is 0.425 e. The van der Waals surface area contributed by atoms with Crippen LogP contribution in [0.15, 0.2) is 18.3 Å². The first-order valence-corrected chi connectivity index (χ1v) is 5.82. The lowest BCUT2D eigenvalue weighted by atomic mass is 10.3. The van der Waals surface area contributed by atoms with E-state index in [1.807, 2.05) is 6.92 Å². The van der Waals surface area contributed by atoms with Crippen molar-refractivity contribution in [1.29, 1.82) is 0 Å². The molecule has 0 amide bonds. The van der Waals surface area contributed by atoms with E-state index in [2.05, 4.69) is 10.3 Å². The van der Waals surface area contributed by atoms with E-state index in [1.54, 1.807) is 0 Å². The van der Waals surface area contributed by atoms with E-state index in [-0.39, 0.29) is 5.75 Å². The summed E-state index contributed by atoms with van der Waals surface area (Å²) in [6.07, 6.45) is -3.75. The number of hydrogen-bond donors (Lipinski definition) is 1. The molecular weight excluding hydrogens is 245 g/mol. The van der Waals surface area contributed by atoms with Crippen LogP contribution in [0.2, 0.25) is 0 Å². The molecule has 3 nitrogen and oxygen atoms in total. The van der Waals surface area contributed by atoms with E-state index in [0.717, 1.165) is 19.9 Å². The Kier molecular flexibility index (Phi) is 5.40. The van der Waals surface area contributed by atoms with Gasteiger partial charge in [0.05, 0.1) is 5.69 Å². The first-order valence-electron chi connectivity index (χ1n) is 5.82. The number of rotatable bonds is 6. The first-order chi connectivity index (χ1) is 8.43. The monoisotopic (exact) mass is 262 g/mol. The van der Waals surface area contributed by atoms with Crippen molar-refractivity contribution < 1.29 is 17.9 Å². The Hall–Kier alpha value is -1.30. The normalized spacial score (nSPS) is 13.4. The van der Waals surface area contributed by atoms with Crippen molar-refractivity contribution in [2.75, 3.05) is 6.54 Å². The van der Waals surface area contributed by atoms with Crippen molar-refractivity contribution in [2.45, 2.75) is 39.1 Å². The minimum Gasteiger partial charge on any atom is -0.481 e. The molecule has 0 saturated carbocycles. The predicted octanol–water partition coefficient (Wildman–Crippen LogP) is 2.91. The molecule has 0 aromatic carbocycles. The van der Waals surface area contributed by atoms with E-state index in [0.29, 0.717) is 12.2 Å². The van der Waals surface area contributed by atoms with Crippen molar-refractivity contribution in [3.63, 3.8) is 0 Å². The summed E-state index contributed by atoms with van der Waals surface area (Å²) < 4.78 is 41.8. The van der Waals surface area contributed by atoms with E-state index < -0.39 is 12.3 Å². The Bertz CT molecular complexity index is 369. The Morgan fingerprint density at radius 1 is 1.44 bits per heavy atom. The number of halogens is 3. The van der Waals surface area contributed by atoms with Crippen LogP contribution in [-0.4, -0.2) is 23.8 Å². The summed E-state index contributed by atoms with van der Waals surface area (Å²) in [4.78, 5) is 4.06. The summed E-state index contributed by atoms with van der Waals surface area (Å²) in [5, 5.41) is 3.12. The Morgan fingerprint density at radius 2 is 2.17 bits per heavy atom. The maximum Gasteiger partial charge on any atom is 0.425 e. The van der Waals surface area contributed by atoms with Gasteiger partial charge in [0.2, 0.25) is 0 Å². The van der Waals surface area contributed by atoms with Crippen LogP contribution < -0.4 is 10.1 Å². The summed E-state index contributed by atoms with van der Waals surface area (Å²) >= 11 is 0. The number of nitrogens with one attached hydrogen (secondary N) is 1. The van der Waals surface area contributed by atoms with Gasteiger partial charge in [-0.1, -0.05) is 6.92 Å². The van der Waals surface area contributed by atoms with Gasteiger partial charge in [-0.15, -0.1) is 0 Å². The van der Waals surface area contributed by atoms with Crippen molar-refractivity contribution in [1.82, 2.24) is 10.3 Å². The summed E-state index contributed by atoms with van der Waals surface area (Å²) in [6, 6.07) is 2.94. The van der Waals surface area contributed by atoms with Crippen molar-refractivity contribution in [2.24, 2.45) is 0 Å². The number of nitrogens with zero attached hydrogens (tertiary/aromatic N) is 1. The molecule has 1 atom stereocenters. The zero-order chi connectivity index (χ0) is 13.6. The van der Waals surface area contributed by atoms with Crippen molar-refractivity contribution in [3.05, 3.63) is 24.0 Å². The number of aromatic nitrogens is 1. The lowest BCUT2D eigenvalue weighted by Crippen LogP contribution is -2.31. The van der Waals surface area contributed by atoms with Crippen LogP contribution in [0.4, 0.5) is 13.2 Å². The highest BCUT2D eigenvalue weighted by Gasteiger charge is 2.38. The van der Waals surface area contributed by atoms with Crippen LogP contribution in [0, 0.1) is 0 Å². The lowest BCUT2D eigenvalue weighted by molar-refractivity contribution is -0.189. The molecule has 0 radical (unpaired) electrons. The van der Waals surface area contributed by atoms with Gasteiger partial charge < -0.3 is 10.1 Å². The molecule has 0 aliphatic rings. The van der Waals surface area contributed by atoms with Crippen molar-refractivity contribution >= 4 is 0 Å². The average Bonchev–Trinajstić information content (AvgIpc) is 2.28. The highest BCUT2D eigenvalue weighted by molar-refractivity contribution is 5.23. The molecule has 0 fully saturated rings. The Labute approximate surface area is 104 Å². The third kappa shape index (κ3) is 4.91. The third-order valence-electron chi connectivity index (χ3n) is 2.29. The van der Waals surface area contributed by atoms with Crippen LogP contribution in [0.5, 0.6) is 5.75 Å². The summed E-state index contributed by atoms with van der Waals surface area (Å²) in [5.41, 5.74) is 0.662. The molecule has 102 valence electrons. The molecule has 1 aromatic heterocycles. The van der Waals surface area contributed by atoms with Gasteiger partial charge in [0.1, 0.15) is 5.75 Å². The van der Waals surface area contributed by atoms with Gasteiger partial charge in [0.15, 0.2) is 6.10 Å². The quantitative estimate of drug-likeness (QED) is 0.800. The van der Waals surface area contributed by atoms with Crippen LogP contribution in [0.3, 0.4) is 0 Å². The first kappa shape index (κ1) is 14.8. The molecule has 1 heterocycles. The summed E-state index contributed by atoms with van der Waals surface area (Å²) in [5.74, 6) is 0.183. The topological polar surface area (TPSA) is 34.1 Å². The van der Waals surface area contributed by atoms with E-state index >= 15 is 0 Å². The van der Waals surface area contributed by atoms with Crippen molar-refractivity contribution in [3.8, 4) is 5.75 Å². The molecule has 1 aromatic rings. The molecule has 0 saturated heterocycles. The molecule has 0 aliphatic carbocycles. The molecule has 0 spiro atoms. The highest BCUT2D eigenvalue weighted by Crippen LogP contribution is 2.24. The van der Waals surface area contributed by atoms with Crippen LogP contribution in [-0.2, 0) is 6.54 Å². The van der Waals surface area contributed by atoms with E-state index in [9.17, 15) is 13.2 Å². The molecule has 6 heteroatoms. The Balaban J connectivity index is 2.59. The lowest BCUT2D eigenvalue weighted by Gasteiger charge is -2.17. The Morgan fingerprint density at radius 3 is 2.78 bits per heavy atom. The zero-order valence-electron chi connectivity index (χ0n) is 10.4. The molecule has 0 aliphatic heterocycles. The second-order valence-electron chi connectivity index (χ2n) is 3.96. The fourth-order valence-corrected chi connectivity index (χ4v) is 1.29. The largest absolute Gasteiger partial charge is 0.481 e. The molecule has 1 N–H and O–H groups in total. The fraction of sp³-hybridized carbons (Fsp3) is 0.583. The highest BCUT2D eigenvalue weighted by atomic mass is 19.4. The van der Waals surface area contributed by atoms with Gasteiger partial charge in [0.25, 0.3) is 0 Å². The van der Waals surface area contributed by atoms with E-state index in [1.165, 1.54) is 18.3 Å². The summed E-state index contributed by atoms with van der Waals surface area (Å²) in [7, 11) is 0. The second kappa shape index (κ2) is 6.58. The standard InChI is InChI=1S/C12H17F3N2O/c1-3-5-16-8-10-7-11(4-6-17-10)18-9(2)12(13,14)15/h4,6-7,9,16H,3,5,8H2,1-2H3. The average molecular weight is 262 g/mol. The minimum absolute atomic E-state index is 0.183. The number of hydrogen-bond acceptors (Lipinski definition) is 3. The van der Waals surface area contributed by atoms with Gasteiger partial charge >= 0.3 is 6.18 Å². The molecule has 0 bridgehead atoms. The number of pyridine rings is 1. The zero-order valence-corrected chi connectivity index (χ0v) is 10.4. The van der Waals surface area contributed by atoms with Crippen LogP contribution in [0.25, 0.3) is 0 Å². The maximum absolute atomic E-state index is 12.3. The van der Waals surface area contributed by atoms with Gasteiger partial charge in [0, 0.05) is 18.8 Å². The number of alkyl halides is 3. The maximum atomic E-state index is 12.3. The minimum atomic E-state index is -4.36. The second-order valence-corrected chi connectivity index (χ2v) is 3.96. The molecule has 1 unspecified atom stereocenters. The van der Waals surface area contributed by atoms with E-state index in [4.69, 9.17) is 4.74 Å². The van der Waals surface area contributed by atoms with Crippen LogP contribution >= 0.6 is 0 Å². The SMILES string of the molecule is CCCNCc1cc(OC(C)C(F)(F)F)ccn1. The molecule has 18 heavy (non-hydrogen) atoms. The molecular formula is C12H17F3N2O. The van der Waals surface area contributed by atoms with Gasteiger partial charge in [-0.25, -0.2) is 0 Å². The predicted molar refractivity (Wildman–Crippen MR) is 62.4 cm³/mol. The number of ether oxygens (including phenoxy) is 1. The third-order valence-corrected chi connectivity index (χ3v) is 2.29. The van der Waals surface area contributed by atoms with Crippen LogP contribution in [0.1, 0.15) is 26.0 Å². The van der Waals surface area contributed by atoms with Gasteiger partial charge in [-0.05, 0) is 26.0 Å². The summed E-state index contributed by atoms with van der Waals surface area (Å²) in [6.45, 7) is 4.37.